The molecule has 25 heavy (non-hydrogen) atoms. The van der Waals surface area contributed by atoms with Gasteiger partial charge in [0, 0.05) is 45.7 Å². The lowest BCUT2D eigenvalue weighted by atomic mass is 10.1. The summed E-state index contributed by atoms with van der Waals surface area (Å²) in [7, 11) is 1.64. The number of benzene rings is 1. The molecule has 0 radical (unpaired) electrons. The average molecular weight is 348 g/mol. The van der Waals surface area contributed by atoms with Crippen molar-refractivity contribution in [2.24, 2.45) is 7.05 Å². The number of nitrogens with zero attached hydrogens (tertiary/aromatic N) is 4. The fraction of sp³-hybridized carbons (Fsp3) is 0.353. The van der Waals surface area contributed by atoms with Gasteiger partial charge in [-0.2, -0.15) is 5.10 Å². The molecule has 0 aliphatic carbocycles. The quantitative estimate of drug-likeness (QED) is 0.830. The van der Waals surface area contributed by atoms with Gasteiger partial charge in [0.05, 0.1) is 5.69 Å². The molecule has 0 bridgehead atoms. The van der Waals surface area contributed by atoms with E-state index in [1.807, 2.05) is 0 Å². The van der Waals surface area contributed by atoms with E-state index in [0.29, 0.717) is 37.4 Å². The number of aromatic nitrogens is 2. The number of hydrogen-bond donors (Lipinski definition) is 0. The molecule has 132 valence electrons. The molecule has 2 amide bonds. The van der Waals surface area contributed by atoms with Gasteiger partial charge in [-0.1, -0.05) is 0 Å². The summed E-state index contributed by atoms with van der Waals surface area (Å²) in [5.74, 6) is -2.13. The van der Waals surface area contributed by atoms with Crippen LogP contribution in [-0.4, -0.2) is 57.6 Å². The predicted molar refractivity (Wildman–Crippen MR) is 86.7 cm³/mol. The number of halogens is 2. The van der Waals surface area contributed by atoms with Crippen molar-refractivity contribution < 1.29 is 18.4 Å². The Hall–Kier alpha value is -2.77. The van der Waals surface area contributed by atoms with Crippen LogP contribution in [0.25, 0.3) is 11.3 Å². The van der Waals surface area contributed by atoms with Crippen LogP contribution in [0, 0.1) is 11.6 Å². The van der Waals surface area contributed by atoms with Crippen LogP contribution in [0.5, 0.6) is 0 Å². The molecule has 8 heteroatoms. The predicted octanol–water partition coefficient (Wildman–Crippen LogP) is 1.67. The highest BCUT2D eigenvalue weighted by Crippen LogP contribution is 2.23. The van der Waals surface area contributed by atoms with Crippen LogP contribution in [0.3, 0.4) is 0 Å². The van der Waals surface area contributed by atoms with Crippen LogP contribution in [0.15, 0.2) is 24.3 Å². The van der Waals surface area contributed by atoms with Crippen molar-refractivity contribution in [3.8, 4) is 11.3 Å². The normalized spacial score (nSPS) is 14.7. The Bertz CT molecular complexity index is 826. The SMILES string of the molecule is CC(=O)N1CCN(C(=O)c2cc(-c3ccc(F)c(F)c3)n(C)n2)CC1. The maximum absolute atomic E-state index is 13.4. The minimum absolute atomic E-state index is 0.00874. The second-order valence-corrected chi connectivity index (χ2v) is 5.97. The third-order valence-corrected chi connectivity index (χ3v) is 4.33. The van der Waals surface area contributed by atoms with E-state index in [-0.39, 0.29) is 17.5 Å². The lowest BCUT2D eigenvalue weighted by molar-refractivity contribution is -0.130. The Morgan fingerprint density at radius 3 is 2.24 bits per heavy atom. The molecule has 0 N–H and O–H groups in total. The van der Waals surface area contributed by atoms with E-state index in [4.69, 9.17) is 0 Å². The first kappa shape index (κ1) is 17.1. The van der Waals surface area contributed by atoms with E-state index in [0.717, 1.165) is 12.1 Å². The number of rotatable bonds is 2. The monoisotopic (exact) mass is 348 g/mol. The molecule has 2 heterocycles. The van der Waals surface area contributed by atoms with Crippen LogP contribution in [0.2, 0.25) is 0 Å². The first-order valence-electron chi connectivity index (χ1n) is 7.91. The molecule has 1 aliphatic heterocycles. The summed E-state index contributed by atoms with van der Waals surface area (Å²) in [5, 5.41) is 4.20. The van der Waals surface area contributed by atoms with Crippen molar-refractivity contribution in [3.05, 3.63) is 41.6 Å². The highest BCUT2D eigenvalue weighted by molar-refractivity contribution is 5.93. The molecule has 0 unspecified atom stereocenters. The average Bonchev–Trinajstić information content (AvgIpc) is 2.98. The third-order valence-electron chi connectivity index (χ3n) is 4.33. The Balaban J connectivity index is 1.79. The Labute approximate surface area is 143 Å². The fourth-order valence-corrected chi connectivity index (χ4v) is 2.88. The second-order valence-electron chi connectivity index (χ2n) is 5.97. The fourth-order valence-electron chi connectivity index (χ4n) is 2.88. The van der Waals surface area contributed by atoms with Crippen LogP contribution < -0.4 is 0 Å². The van der Waals surface area contributed by atoms with Crippen LogP contribution >= 0.6 is 0 Å². The Morgan fingerprint density at radius 2 is 1.64 bits per heavy atom. The standard InChI is InChI=1S/C17H18F2N4O2/c1-11(24)22-5-7-23(8-6-22)17(25)15-10-16(21(2)20-15)12-3-4-13(18)14(19)9-12/h3-4,9-10H,5-8H2,1-2H3. The van der Waals surface area contributed by atoms with Crippen molar-refractivity contribution >= 4 is 11.8 Å². The van der Waals surface area contributed by atoms with Gasteiger partial charge < -0.3 is 9.80 Å². The first-order valence-corrected chi connectivity index (χ1v) is 7.91. The van der Waals surface area contributed by atoms with Crippen LogP contribution in [0.4, 0.5) is 8.78 Å². The first-order chi connectivity index (χ1) is 11.9. The maximum atomic E-state index is 13.4. The lowest BCUT2D eigenvalue weighted by Crippen LogP contribution is -2.50. The zero-order chi connectivity index (χ0) is 18.1. The van der Waals surface area contributed by atoms with Gasteiger partial charge in [-0.05, 0) is 24.3 Å². The molecule has 2 aromatic rings. The van der Waals surface area contributed by atoms with Gasteiger partial charge in [-0.25, -0.2) is 8.78 Å². The van der Waals surface area contributed by atoms with Gasteiger partial charge >= 0.3 is 0 Å². The van der Waals surface area contributed by atoms with Crippen molar-refractivity contribution in [3.63, 3.8) is 0 Å². The zero-order valence-corrected chi connectivity index (χ0v) is 14.0. The van der Waals surface area contributed by atoms with Gasteiger partial charge in [0.15, 0.2) is 17.3 Å². The Kier molecular flexibility index (Phi) is 4.52. The van der Waals surface area contributed by atoms with E-state index in [9.17, 15) is 18.4 Å². The van der Waals surface area contributed by atoms with Gasteiger partial charge in [0.25, 0.3) is 5.91 Å². The molecule has 1 saturated heterocycles. The summed E-state index contributed by atoms with van der Waals surface area (Å²) in [6, 6.07) is 5.12. The summed E-state index contributed by atoms with van der Waals surface area (Å²) < 4.78 is 28.0. The van der Waals surface area contributed by atoms with Crippen molar-refractivity contribution in [1.29, 1.82) is 0 Å². The van der Waals surface area contributed by atoms with E-state index in [1.54, 1.807) is 22.9 Å². The second kappa shape index (κ2) is 6.62. The number of aryl methyl sites for hydroxylation is 1. The summed E-state index contributed by atoms with van der Waals surface area (Å²) in [5.41, 5.74) is 1.19. The van der Waals surface area contributed by atoms with Gasteiger partial charge in [-0.3, -0.25) is 14.3 Å². The summed E-state index contributed by atoms with van der Waals surface area (Å²) in [6.45, 7) is 3.36. The number of hydrogen-bond acceptors (Lipinski definition) is 3. The molecule has 1 fully saturated rings. The molecule has 1 aliphatic rings. The molecular formula is C17H18F2N4O2. The lowest BCUT2D eigenvalue weighted by Gasteiger charge is -2.33. The maximum Gasteiger partial charge on any atom is 0.274 e. The minimum atomic E-state index is -0.952. The van der Waals surface area contributed by atoms with Crippen LogP contribution in [-0.2, 0) is 11.8 Å². The topological polar surface area (TPSA) is 58.4 Å². The van der Waals surface area contributed by atoms with E-state index in [2.05, 4.69) is 5.10 Å². The number of carbonyl (C=O) groups excluding carboxylic acids is 2. The summed E-state index contributed by atoms with van der Waals surface area (Å²) in [6.07, 6.45) is 0. The molecule has 0 spiro atoms. The highest BCUT2D eigenvalue weighted by atomic mass is 19.2. The Morgan fingerprint density at radius 1 is 1.00 bits per heavy atom. The van der Waals surface area contributed by atoms with Gasteiger partial charge in [-0.15, -0.1) is 0 Å². The molecule has 1 aromatic carbocycles. The third kappa shape index (κ3) is 3.38. The van der Waals surface area contributed by atoms with E-state index >= 15 is 0 Å². The number of carbonyl (C=O) groups is 2. The summed E-state index contributed by atoms with van der Waals surface area (Å²) in [4.78, 5) is 27.3. The van der Waals surface area contributed by atoms with Gasteiger partial charge in [0.2, 0.25) is 5.91 Å². The van der Waals surface area contributed by atoms with E-state index in [1.165, 1.54) is 17.7 Å². The van der Waals surface area contributed by atoms with Crippen LogP contribution in [0.1, 0.15) is 17.4 Å². The zero-order valence-electron chi connectivity index (χ0n) is 14.0. The molecular weight excluding hydrogens is 330 g/mol. The summed E-state index contributed by atoms with van der Waals surface area (Å²) >= 11 is 0. The largest absolute Gasteiger partial charge is 0.339 e. The number of amides is 2. The van der Waals surface area contributed by atoms with Crippen molar-refractivity contribution in [2.45, 2.75) is 6.92 Å². The minimum Gasteiger partial charge on any atom is -0.339 e. The molecule has 1 aromatic heterocycles. The smallest absolute Gasteiger partial charge is 0.274 e. The van der Waals surface area contributed by atoms with Crippen molar-refractivity contribution in [1.82, 2.24) is 19.6 Å². The molecule has 0 saturated carbocycles. The number of piperazine rings is 1. The van der Waals surface area contributed by atoms with E-state index < -0.39 is 11.6 Å². The highest BCUT2D eigenvalue weighted by Gasteiger charge is 2.25. The molecule has 6 nitrogen and oxygen atoms in total. The molecule has 0 atom stereocenters. The van der Waals surface area contributed by atoms with Crippen molar-refractivity contribution in [2.75, 3.05) is 26.2 Å². The molecule has 3 rings (SSSR count). The van der Waals surface area contributed by atoms with Gasteiger partial charge in [0.1, 0.15) is 0 Å².